The number of fused-ring (bicyclic) bond motifs is 1. The number of anilines is 3. The molecule has 0 aliphatic rings. The summed E-state index contributed by atoms with van der Waals surface area (Å²) in [5.41, 5.74) is 7.86. The minimum atomic E-state index is -0.649. The van der Waals surface area contributed by atoms with Gasteiger partial charge in [0, 0.05) is 25.9 Å². The highest BCUT2D eigenvalue weighted by Gasteiger charge is 2.19. The first-order valence-electron chi connectivity index (χ1n) is 12.6. The molecular weight excluding hydrogens is 508 g/mol. The second-order valence-electron chi connectivity index (χ2n) is 9.66. The van der Waals surface area contributed by atoms with Crippen molar-refractivity contribution in [2.24, 2.45) is 5.73 Å². The highest BCUT2D eigenvalue weighted by atomic mass is 16.1. The molecule has 4 heterocycles. The fourth-order valence-electron chi connectivity index (χ4n) is 4.24. The van der Waals surface area contributed by atoms with E-state index >= 15 is 0 Å². The van der Waals surface area contributed by atoms with E-state index in [1.807, 2.05) is 68.2 Å². The summed E-state index contributed by atoms with van der Waals surface area (Å²) in [6.45, 7) is 2.60. The Morgan fingerprint density at radius 1 is 1.05 bits per heavy atom. The minimum Gasteiger partial charge on any atom is -0.365 e. The molecule has 12 nitrogen and oxygen atoms in total. The predicted molar refractivity (Wildman–Crippen MR) is 153 cm³/mol. The van der Waals surface area contributed by atoms with Crippen LogP contribution in [0.25, 0.3) is 11.5 Å². The average molecular weight is 539 g/mol. The van der Waals surface area contributed by atoms with Crippen LogP contribution in [0.4, 0.5) is 17.3 Å². The minimum absolute atomic E-state index is 0.0790. The molecule has 1 amide bonds. The predicted octanol–water partition coefficient (Wildman–Crippen LogP) is 2.77. The number of nitrogens with one attached hydrogen (secondary N) is 1. The number of primary amides is 1. The highest BCUT2D eigenvalue weighted by molar-refractivity contribution is 5.99. The van der Waals surface area contributed by atoms with Crippen LogP contribution in [0, 0.1) is 0 Å². The Hall–Kier alpha value is -5.10. The lowest BCUT2D eigenvalue weighted by Crippen LogP contribution is -2.23. The lowest BCUT2D eigenvalue weighted by molar-refractivity contribution is 0.100. The van der Waals surface area contributed by atoms with Crippen molar-refractivity contribution in [3.63, 3.8) is 0 Å². The molecule has 5 rings (SSSR count). The molecule has 0 saturated carbocycles. The summed E-state index contributed by atoms with van der Waals surface area (Å²) in [6, 6.07) is 15.2. The molecule has 3 N–H and O–H groups in total. The van der Waals surface area contributed by atoms with Gasteiger partial charge in [-0.2, -0.15) is 9.61 Å². The smallest absolute Gasteiger partial charge is 0.280 e. The molecule has 0 saturated heterocycles. The topological polar surface area (TPSA) is 140 Å². The van der Waals surface area contributed by atoms with Gasteiger partial charge >= 0.3 is 0 Å². The summed E-state index contributed by atoms with van der Waals surface area (Å²) < 4.78 is 2.97. The van der Waals surface area contributed by atoms with Crippen molar-refractivity contribution in [2.75, 3.05) is 31.4 Å². The average Bonchev–Trinajstić information content (AvgIpc) is 3.38. The van der Waals surface area contributed by atoms with Gasteiger partial charge in [0.2, 0.25) is 0 Å². The first-order valence-corrected chi connectivity index (χ1v) is 12.6. The molecular formula is C28H30N10O2. The van der Waals surface area contributed by atoms with Crippen molar-refractivity contribution in [3.8, 4) is 5.82 Å². The maximum atomic E-state index is 13.4. The van der Waals surface area contributed by atoms with E-state index < -0.39 is 5.91 Å². The molecule has 0 aliphatic heterocycles. The number of amides is 1. The number of rotatable bonds is 9. The summed E-state index contributed by atoms with van der Waals surface area (Å²) in [6.07, 6.45) is 6.27. The lowest BCUT2D eigenvalue weighted by Gasteiger charge is -2.21. The summed E-state index contributed by atoms with van der Waals surface area (Å²) in [5, 5.41) is 7.47. The third-order valence-corrected chi connectivity index (χ3v) is 6.69. The van der Waals surface area contributed by atoms with Gasteiger partial charge < -0.3 is 20.9 Å². The second kappa shape index (κ2) is 10.9. The van der Waals surface area contributed by atoms with E-state index in [9.17, 15) is 9.59 Å². The third kappa shape index (κ3) is 5.24. The Balaban J connectivity index is 1.51. The van der Waals surface area contributed by atoms with Gasteiger partial charge in [0.1, 0.15) is 22.9 Å². The zero-order valence-electron chi connectivity index (χ0n) is 22.7. The SMILES string of the molecule is CC(c1cnc(-n2cccc(Nc3cc(N(C)Cc4ccccc4)n4ncc(C(N)=O)c4n3)c2=O)cn1)N(C)C. The zero-order chi connectivity index (χ0) is 28.4. The van der Waals surface area contributed by atoms with Crippen molar-refractivity contribution in [2.45, 2.75) is 19.5 Å². The van der Waals surface area contributed by atoms with Crippen LogP contribution in [0.15, 0.2) is 78.1 Å². The van der Waals surface area contributed by atoms with Crippen LogP contribution in [0.2, 0.25) is 0 Å². The quantitative estimate of drug-likeness (QED) is 0.290. The lowest BCUT2D eigenvalue weighted by atomic mass is 10.2. The Labute approximate surface area is 230 Å². The molecule has 0 spiro atoms. The fourth-order valence-corrected chi connectivity index (χ4v) is 4.24. The van der Waals surface area contributed by atoms with Gasteiger partial charge in [-0.05, 0) is 38.7 Å². The van der Waals surface area contributed by atoms with Gasteiger partial charge in [-0.1, -0.05) is 30.3 Å². The van der Waals surface area contributed by atoms with Crippen molar-refractivity contribution in [1.29, 1.82) is 0 Å². The molecule has 5 aromatic rings. The number of carbonyl (C=O) groups is 1. The van der Waals surface area contributed by atoms with Crippen LogP contribution in [0.3, 0.4) is 0 Å². The number of hydrogen-bond donors (Lipinski definition) is 2. The number of nitrogens with zero attached hydrogens (tertiary/aromatic N) is 8. The maximum Gasteiger partial charge on any atom is 0.280 e. The molecule has 1 atom stereocenters. The van der Waals surface area contributed by atoms with E-state index in [2.05, 4.69) is 25.4 Å². The molecule has 1 aromatic carbocycles. The molecule has 0 radical (unpaired) electrons. The number of nitrogens with two attached hydrogens (primary N) is 1. The molecule has 12 heteroatoms. The van der Waals surface area contributed by atoms with Crippen LogP contribution in [-0.4, -0.2) is 61.1 Å². The van der Waals surface area contributed by atoms with E-state index in [0.717, 1.165) is 11.3 Å². The van der Waals surface area contributed by atoms with Gasteiger partial charge in [0.05, 0.1) is 30.3 Å². The monoisotopic (exact) mass is 538 g/mol. The van der Waals surface area contributed by atoms with Crippen LogP contribution in [0.5, 0.6) is 0 Å². The summed E-state index contributed by atoms with van der Waals surface area (Å²) >= 11 is 0. The van der Waals surface area contributed by atoms with E-state index in [0.29, 0.717) is 24.0 Å². The Morgan fingerprint density at radius 2 is 1.82 bits per heavy atom. The van der Waals surface area contributed by atoms with Gasteiger partial charge in [-0.25, -0.2) is 9.97 Å². The molecule has 1 unspecified atom stereocenters. The summed E-state index contributed by atoms with van der Waals surface area (Å²) in [7, 11) is 5.84. The molecule has 40 heavy (non-hydrogen) atoms. The molecule has 4 aromatic heterocycles. The Morgan fingerprint density at radius 3 is 2.50 bits per heavy atom. The molecule has 0 aliphatic carbocycles. The van der Waals surface area contributed by atoms with Gasteiger partial charge in [0.15, 0.2) is 11.5 Å². The number of hydrogen-bond acceptors (Lipinski definition) is 9. The van der Waals surface area contributed by atoms with Gasteiger partial charge in [0.25, 0.3) is 11.5 Å². The van der Waals surface area contributed by atoms with E-state index in [-0.39, 0.29) is 28.5 Å². The molecule has 0 fully saturated rings. The largest absolute Gasteiger partial charge is 0.365 e. The van der Waals surface area contributed by atoms with Crippen LogP contribution in [-0.2, 0) is 6.54 Å². The van der Waals surface area contributed by atoms with E-state index in [4.69, 9.17) is 5.73 Å². The Bertz CT molecular complexity index is 1710. The molecule has 204 valence electrons. The number of aromatic nitrogens is 6. The van der Waals surface area contributed by atoms with Gasteiger partial charge in [-0.15, -0.1) is 0 Å². The third-order valence-electron chi connectivity index (χ3n) is 6.69. The van der Waals surface area contributed by atoms with E-state index in [1.165, 1.54) is 10.8 Å². The van der Waals surface area contributed by atoms with E-state index in [1.54, 1.807) is 41.3 Å². The standard InChI is InChI=1S/C28H30N10O2/c1-18(35(2)3)22-15-31-24(16-30-22)37-12-8-11-21(28(37)40)33-23-13-25(36(4)17-19-9-6-5-7-10-19)38-27(34-23)20(14-32-38)26(29)39/h5-16,18H,17H2,1-4H3,(H2,29,39)(H,33,34). The summed E-state index contributed by atoms with van der Waals surface area (Å²) in [4.78, 5) is 43.1. The van der Waals surface area contributed by atoms with Crippen LogP contribution in [0.1, 0.15) is 34.6 Å². The molecule has 0 bridgehead atoms. The first-order chi connectivity index (χ1) is 19.2. The zero-order valence-corrected chi connectivity index (χ0v) is 22.7. The Kier molecular flexibility index (Phi) is 7.25. The van der Waals surface area contributed by atoms with Crippen LogP contribution >= 0.6 is 0 Å². The van der Waals surface area contributed by atoms with Crippen molar-refractivity contribution >= 4 is 28.9 Å². The highest BCUT2D eigenvalue weighted by Crippen LogP contribution is 2.24. The van der Waals surface area contributed by atoms with Crippen molar-refractivity contribution in [1.82, 2.24) is 34.0 Å². The van der Waals surface area contributed by atoms with Gasteiger partial charge in [-0.3, -0.25) is 19.1 Å². The normalized spacial score (nSPS) is 12.0. The fraction of sp³-hybridized carbons (Fsp3) is 0.214. The van der Waals surface area contributed by atoms with Crippen molar-refractivity contribution < 1.29 is 4.79 Å². The second-order valence-corrected chi connectivity index (χ2v) is 9.66. The maximum absolute atomic E-state index is 13.4. The van der Waals surface area contributed by atoms with Crippen LogP contribution < -0.4 is 21.5 Å². The number of carbonyl (C=O) groups excluding carboxylic acids is 1. The number of benzene rings is 1. The van der Waals surface area contributed by atoms with Crippen molar-refractivity contribution in [3.05, 3.63) is 100 Å². The number of pyridine rings is 1. The first kappa shape index (κ1) is 26.5. The summed E-state index contributed by atoms with van der Waals surface area (Å²) in [5.74, 6) is 0.740.